The number of pyridine rings is 1. The summed E-state index contributed by atoms with van der Waals surface area (Å²) in [6.45, 7) is 1.28. The Morgan fingerprint density at radius 3 is 2.37 bits per heavy atom. The second-order valence-corrected chi connectivity index (χ2v) is 9.13. The molecule has 2 aromatic carbocycles. The number of benzene rings is 2. The molecule has 10 nitrogen and oxygen atoms in total. The zero-order chi connectivity index (χ0) is 29.8. The lowest BCUT2D eigenvalue weighted by atomic mass is 10.0. The van der Waals surface area contributed by atoms with Crippen LogP contribution in [-0.2, 0) is 11.2 Å². The number of aromatic nitrogens is 2. The van der Waals surface area contributed by atoms with Gasteiger partial charge in [-0.3, -0.25) is 14.4 Å². The number of ketones is 1. The van der Waals surface area contributed by atoms with Crippen LogP contribution in [0, 0.1) is 11.6 Å². The van der Waals surface area contributed by atoms with E-state index in [1.807, 2.05) is 0 Å². The number of fused-ring (bicyclic) bond motifs is 1. The Morgan fingerprint density at radius 2 is 1.71 bits per heavy atom. The van der Waals surface area contributed by atoms with Gasteiger partial charge in [0, 0.05) is 31.1 Å². The van der Waals surface area contributed by atoms with Crippen molar-refractivity contribution in [1.82, 2.24) is 8.97 Å². The SMILES string of the molecule is COc1c(=O)c(C(=O)CCc2ccc(F)cc2F)cn2ccn([C@@H](C)COC(=O)c3ccccc3C(=O)O)c(=O)c12. The number of esters is 1. The molecule has 0 amide bonds. The van der Waals surface area contributed by atoms with Gasteiger partial charge in [-0.05, 0) is 37.1 Å². The van der Waals surface area contributed by atoms with Crippen LogP contribution in [0.2, 0.25) is 0 Å². The van der Waals surface area contributed by atoms with Crippen molar-refractivity contribution < 1.29 is 37.7 Å². The van der Waals surface area contributed by atoms with Crippen LogP contribution in [0.15, 0.2) is 70.6 Å². The highest BCUT2D eigenvalue weighted by Gasteiger charge is 2.23. The van der Waals surface area contributed by atoms with Gasteiger partial charge in [-0.15, -0.1) is 0 Å². The summed E-state index contributed by atoms with van der Waals surface area (Å²) in [4.78, 5) is 63.3. The fraction of sp³-hybridized carbons (Fsp3) is 0.207. The van der Waals surface area contributed by atoms with Crippen molar-refractivity contribution in [2.45, 2.75) is 25.8 Å². The predicted octanol–water partition coefficient (Wildman–Crippen LogP) is 3.68. The lowest BCUT2D eigenvalue weighted by molar-refractivity contribution is 0.0445. The number of aromatic carboxylic acids is 1. The van der Waals surface area contributed by atoms with E-state index in [0.717, 1.165) is 6.07 Å². The quantitative estimate of drug-likeness (QED) is 0.227. The highest BCUT2D eigenvalue weighted by Crippen LogP contribution is 2.18. The molecule has 0 unspecified atom stereocenters. The van der Waals surface area contributed by atoms with Crippen molar-refractivity contribution in [1.29, 1.82) is 0 Å². The Labute approximate surface area is 231 Å². The normalized spacial score (nSPS) is 11.7. The fourth-order valence-electron chi connectivity index (χ4n) is 4.31. The first-order valence-electron chi connectivity index (χ1n) is 12.3. The minimum absolute atomic E-state index is 0.0792. The second kappa shape index (κ2) is 11.9. The van der Waals surface area contributed by atoms with E-state index in [4.69, 9.17) is 9.47 Å². The highest BCUT2D eigenvalue weighted by atomic mass is 19.1. The third-order valence-corrected chi connectivity index (χ3v) is 6.47. The molecule has 0 bridgehead atoms. The van der Waals surface area contributed by atoms with Gasteiger partial charge in [-0.2, -0.15) is 0 Å². The van der Waals surface area contributed by atoms with Gasteiger partial charge in [-0.1, -0.05) is 18.2 Å². The van der Waals surface area contributed by atoms with Crippen molar-refractivity contribution in [3.8, 4) is 5.75 Å². The van der Waals surface area contributed by atoms with Crippen LogP contribution in [0.1, 0.15) is 56.0 Å². The van der Waals surface area contributed by atoms with Gasteiger partial charge in [0.05, 0.1) is 29.8 Å². The lowest BCUT2D eigenvalue weighted by Crippen LogP contribution is -2.30. The monoisotopic (exact) mass is 566 g/mol. The number of carboxylic acids is 1. The number of carboxylic acid groups (broad SMARTS) is 1. The number of rotatable bonds is 10. The molecular weight excluding hydrogens is 542 g/mol. The number of carbonyl (C=O) groups excluding carboxylic acids is 2. The molecular formula is C29H24F2N2O8. The first-order valence-corrected chi connectivity index (χ1v) is 12.3. The topological polar surface area (TPSA) is 133 Å². The van der Waals surface area contributed by atoms with E-state index in [9.17, 15) is 37.9 Å². The van der Waals surface area contributed by atoms with E-state index in [-0.39, 0.29) is 53.0 Å². The van der Waals surface area contributed by atoms with Gasteiger partial charge in [0.2, 0.25) is 5.43 Å². The highest BCUT2D eigenvalue weighted by molar-refractivity contribution is 6.02. The second-order valence-electron chi connectivity index (χ2n) is 9.13. The summed E-state index contributed by atoms with van der Waals surface area (Å²) >= 11 is 0. The van der Waals surface area contributed by atoms with Crippen LogP contribution in [-0.4, -0.2) is 45.5 Å². The van der Waals surface area contributed by atoms with Crippen LogP contribution >= 0.6 is 0 Å². The maximum absolute atomic E-state index is 14.0. The first kappa shape index (κ1) is 28.9. The molecule has 0 aliphatic heterocycles. The Bertz CT molecular complexity index is 1790. The van der Waals surface area contributed by atoms with Crippen LogP contribution in [0.3, 0.4) is 0 Å². The third-order valence-electron chi connectivity index (χ3n) is 6.47. The van der Waals surface area contributed by atoms with E-state index < -0.39 is 46.4 Å². The fourth-order valence-corrected chi connectivity index (χ4v) is 4.31. The van der Waals surface area contributed by atoms with Crippen LogP contribution in [0.4, 0.5) is 8.78 Å². The van der Waals surface area contributed by atoms with Gasteiger partial charge in [0.1, 0.15) is 18.2 Å². The summed E-state index contributed by atoms with van der Waals surface area (Å²) in [5.41, 5.74) is -2.24. The van der Waals surface area contributed by atoms with Gasteiger partial charge >= 0.3 is 11.9 Å². The summed E-state index contributed by atoms with van der Waals surface area (Å²) in [5.74, 6) is -4.76. The summed E-state index contributed by atoms with van der Waals surface area (Å²) in [7, 11) is 1.17. The number of carbonyl (C=O) groups is 3. The molecule has 0 radical (unpaired) electrons. The van der Waals surface area contributed by atoms with Crippen molar-refractivity contribution in [2.75, 3.05) is 13.7 Å². The van der Waals surface area contributed by atoms with E-state index in [0.29, 0.717) is 6.07 Å². The molecule has 4 aromatic rings. The molecule has 1 N–H and O–H groups in total. The van der Waals surface area contributed by atoms with E-state index in [2.05, 4.69) is 0 Å². The number of hydrogen-bond acceptors (Lipinski definition) is 7. The molecule has 2 aromatic heterocycles. The van der Waals surface area contributed by atoms with Crippen LogP contribution in [0.5, 0.6) is 5.75 Å². The first-order chi connectivity index (χ1) is 19.5. The van der Waals surface area contributed by atoms with Gasteiger partial charge < -0.3 is 23.5 Å². The van der Waals surface area contributed by atoms with Gasteiger partial charge in [-0.25, -0.2) is 18.4 Å². The largest absolute Gasteiger partial charge is 0.491 e. The summed E-state index contributed by atoms with van der Waals surface area (Å²) in [6, 6.07) is 7.79. The summed E-state index contributed by atoms with van der Waals surface area (Å²) in [6.07, 6.45) is 3.63. The van der Waals surface area contributed by atoms with Crippen LogP contribution < -0.4 is 15.7 Å². The van der Waals surface area contributed by atoms with Crippen LogP contribution in [0.25, 0.3) is 5.52 Å². The van der Waals surface area contributed by atoms with Crippen molar-refractivity contribution in [3.63, 3.8) is 0 Å². The van der Waals surface area contributed by atoms with E-state index >= 15 is 0 Å². The number of ether oxygens (including phenoxy) is 2. The zero-order valence-corrected chi connectivity index (χ0v) is 21.9. The molecule has 41 heavy (non-hydrogen) atoms. The molecule has 4 rings (SSSR count). The van der Waals surface area contributed by atoms with Gasteiger partial charge in [0.25, 0.3) is 5.56 Å². The Morgan fingerprint density at radius 1 is 1.00 bits per heavy atom. The van der Waals surface area contributed by atoms with Crippen molar-refractivity contribution in [3.05, 3.63) is 116 Å². The predicted molar refractivity (Wildman–Crippen MR) is 142 cm³/mol. The molecule has 212 valence electrons. The molecule has 0 spiro atoms. The number of aryl methyl sites for hydroxylation is 1. The number of halogens is 2. The number of Topliss-reactive ketones (excluding diaryl/α,β-unsaturated/α-hetero) is 1. The summed E-state index contributed by atoms with van der Waals surface area (Å²) in [5, 5.41) is 9.29. The molecule has 0 saturated carbocycles. The smallest absolute Gasteiger partial charge is 0.339 e. The summed E-state index contributed by atoms with van der Waals surface area (Å²) < 4.78 is 40.1. The van der Waals surface area contributed by atoms with Crippen molar-refractivity contribution >= 4 is 23.2 Å². The molecule has 0 aliphatic carbocycles. The average molecular weight is 567 g/mol. The standard InChI is InChI=1S/C29H24F2N2O8/c1-16(15-41-29(39)20-6-4-3-5-19(20)28(37)38)33-12-11-32-14-21(25(35)26(40-2)24(32)27(33)36)23(34)10-8-17-7-9-18(30)13-22(17)31/h3-7,9,11-14,16H,8,10,15H2,1-2H3,(H,37,38)/t16-/m0/s1. The molecule has 2 heterocycles. The number of methoxy groups -OCH3 is 1. The van der Waals surface area contributed by atoms with Gasteiger partial charge in [0.15, 0.2) is 17.0 Å². The van der Waals surface area contributed by atoms with E-state index in [1.54, 1.807) is 6.92 Å². The zero-order valence-electron chi connectivity index (χ0n) is 21.9. The average Bonchev–Trinajstić information content (AvgIpc) is 2.95. The number of hydrogen-bond donors (Lipinski definition) is 1. The Kier molecular flexibility index (Phi) is 8.41. The Balaban J connectivity index is 1.59. The molecule has 0 fully saturated rings. The molecule has 12 heteroatoms. The maximum Gasteiger partial charge on any atom is 0.339 e. The third kappa shape index (κ3) is 5.91. The van der Waals surface area contributed by atoms with Crippen molar-refractivity contribution in [2.24, 2.45) is 0 Å². The molecule has 0 aliphatic rings. The minimum atomic E-state index is -1.30. The lowest BCUT2D eigenvalue weighted by Gasteiger charge is -2.18. The Hall–Kier alpha value is -5.13. The minimum Gasteiger partial charge on any atom is -0.491 e. The maximum atomic E-state index is 14.0. The number of nitrogens with zero attached hydrogens (tertiary/aromatic N) is 2. The van der Waals surface area contributed by atoms with E-state index in [1.165, 1.54) is 65.0 Å². The molecule has 0 saturated heterocycles. The molecule has 1 atom stereocenters.